The number of hydrogen-bond donors (Lipinski definition) is 2. The van der Waals surface area contributed by atoms with Gasteiger partial charge in [0.25, 0.3) is 0 Å². The molecule has 0 spiro atoms. The lowest BCUT2D eigenvalue weighted by atomic mass is 10.1. The van der Waals surface area contributed by atoms with Crippen molar-refractivity contribution < 1.29 is 9.53 Å². The van der Waals surface area contributed by atoms with Crippen LogP contribution in [0.5, 0.6) is 5.75 Å². The Morgan fingerprint density at radius 2 is 2.00 bits per heavy atom. The number of nitrogens with one attached hydrogen (secondary N) is 1. The standard InChI is InChI=1S/C15H19N3O2S/c1-9-4-12(5-10(2)14(9)20-11(3)19)6-17-7-13-8-21-15(16)18-13/h4-5,8,17H,6-7H2,1-3H3,(H2,16,18). The Bertz CT molecular complexity index is 629. The molecule has 0 radical (unpaired) electrons. The molecule has 3 N–H and O–H groups in total. The maximum atomic E-state index is 11.1. The first-order valence-electron chi connectivity index (χ1n) is 6.65. The SMILES string of the molecule is CC(=O)Oc1c(C)cc(CNCc2csc(N)n2)cc1C. The van der Waals surface area contributed by atoms with E-state index in [4.69, 9.17) is 10.5 Å². The van der Waals surface area contributed by atoms with E-state index in [2.05, 4.69) is 10.3 Å². The molecule has 1 heterocycles. The van der Waals surface area contributed by atoms with E-state index in [9.17, 15) is 4.79 Å². The molecule has 112 valence electrons. The number of rotatable bonds is 5. The Morgan fingerprint density at radius 3 is 2.52 bits per heavy atom. The largest absolute Gasteiger partial charge is 0.426 e. The van der Waals surface area contributed by atoms with Crippen LogP contribution in [0.25, 0.3) is 0 Å². The predicted molar refractivity (Wildman–Crippen MR) is 84.3 cm³/mol. The van der Waals surface area contributed by atoms with E-state index >= 15 is 0 Å². The minimum absolute atomic E-state index is 0.298. The number of nitrogens with zero attached hydrogens (tertiary/aromatic N) is 1. The van der Waals surface area contributed by atoms with Crippen molar-refractivity contribution in [3.63, 3.8) is 0 Å². The Balaban J connectivity index is 1.99. The highest BCUT2D eigenvalue weighted by atomic mass is 32.1. The fourth-order valence-corrected chi connectivity index (χ4v) is 2.75. The smallest absolute Gasteiger partial charge is 0.308 e. The van der Waals surface area contributed by atoms with Gasteiger partial charge in [-0.2, -0.15) is 0 Å². The van der Waals surface area contributed by atoms with Gasteiger partial charge in [-0.25, -0.2) is 4.98 Å². The molecule has 1 aromatic heterocycles. The minimum atomic E-state index is -0.298. The summed E-state index contributed by atoms with van der Waals surface area (Å²) >= 11 is 1.44. The molecule has 0 unspecified atom stereocenters. The number of aryl methyl sites for hydroxylation is 2. The van der Waals surface area contributed by atoms with Crippen molar-refractivity contribution in [2.45, 2.75) is 33.9 Å². The lowest BCUT2D eigenvalue weighted by Crippen LogP contribution is -2.13. The monoisotopic (exact) mass is 305 g/mol. The van der Waals surface area contributed by atoms with Crippen LogP contribution in [0.4, 0.5) is 5.13 Å². The minimum Gasteiger partial charge on any atom is -0.426 e. The topological polar surface area (TPSA) is 77.2 Å². The van der Waals surface area contributed by atoms with Gasteiger partial charge in [-0.15, -0.1) is 11.3 Å². The van der Waals surface area contributed by atoms with Gasteiger partial charge < -0.3 is 15.8 Å². The zero-order valence-electron chi connectivity index (χ0n) is 12.4. The molecule has 0 aliphatic carbocycles. The van der Waals surface area contributed by atoms with Crippen LogP contribution in [0.1, 0.15) is 29.3 Å². The van der Waals surface area contributed by atoms with E-state index < -0.39 is 0 Å². The van der Waals surface area contributed by atoms with Crippen LogP contribution in [0.3, 0.4) is 0 Å². The zero-order valence-corrected chi connectivity index (χ0v) is 13.2. The summed E-state index contributed by atoms with van der Waals surface area (Å²) in [6, 6.07) is 4.04. The molecule has 5 nitrogen and oxygen atoms in total. The Morgan fingerprint density at radius 1 is 1.33 bits per heavy atom. The highest BCUT2D eigenvalue weighted by Gasteiger charge is 2.08. The van der Waals surface area contributed by atoms with Crippen LogP contribution in [0.2, 0.25) is 0 Å². The number of carbonyl (C=O) groups is 1. The highest BCUT2D eigenvalue weighted by Crippen LogP contribution is 2.25. The fraction of sp³-hybridized carbons (Fsp3) is 0.333. The average Bonchev–Trinajstić information content (AvgIpc) is 2.79. The van der Waals surface area contributed by atoms with E-state index in [-0.39, 0.29) is 5.97 Å². The van der Waals surface area contributed by atoms with Crippen LogP contribution >= 0.6 is 11.3 Å². The number of nitrogen functional groups attached to an aromatic ring is 1. The summed E-state index contributed by atoms with van der Waals surface area (Å²) in [5.74, 6) is 0.353. The normalized spacial score (nSPS) is 10.6. The average molecular weight is 305 g/mol. The third-order valence-corrected chi connectivity index (χ3v) is 3.69. The summed E-state index contributed by atoms with van der Waals surface area (Å²) < 4.78 is 5.23. The molecule has 0 aliphatic rings. The first kappa shape index (κ1) is 15.5. The van der Waals surface area contributed by atoms with E-state index in [1.165, 1.54) is 18.3 Å². The second kappa shape index (κ2) is 6.69. The molecule has 1 aromatic carbocycles. The van der Waals surface area contributed by atoms with Crippen LogP contribution in [-0.2, 0) is 17.9 Å². The summed E-state index contributed by atoms with van der Waals surface area (Å²) in [7, 11) is 0. The quantitative estimate of drug-likeness (QED) is 0.656. The molecular formula is C15H19N3O2S. The molecular weight excluding hydrogens is 286 g/mol. The summed E-state index contributed by atoms with van der Waals surface area (Å²) in [6.07, 6.45) is 0. The number of hydrogen-bond acceptors (Lipinski definition) is 6. The van der Waals surface area contributed by atoms with Gasteiger partial charge in [0.1, 0.15) is 5.75 Å². The Kier molecular flexibility index (Phi) is 4.93. The molecule has 6 heteroatoms. The fourth-order valence-electron chi connectivity index (χ4n) is 2.19. The molecule has 2 rings (SSSR count). The summed E-state index contributed by atoms with van der Waals surface area (Å²) in [5, 5.41) is 5.86. The number of benzene rings is 1. The van der Waals surface area contributed by atoms with Crippen LogP contribution in [-0.4, -0.2) is 11.0 Å². The molecule has 0 saturated carbocycles. The van der Waals surface area contributed by atoms with Gasteiger partial charge in [0.05, 0.1) is 5.69 Å². The van der Waals surface area contributed by atoms with Crippen LogP contribution in [0.15, 0.2) is 17.5 Å². The van der Waals surface area contributed by atoms with Crippen molar-refractivity contribution in [3.8, 4) is 5.75 Å². The van der Waals surface area contributed by atoms with E-state index in [1.54, 1.807) is 0 Å². The predicted octanol–water partition coefficient (Wildman–Crippen LogP) is 2.56. The second-order valence-electron chi connectivity index (χ2n) is 4.93. The van der Waals surface area contributed by atoms with Gasteiger partial charge in [0.15, 0.2) is 5.13 Å². The zero-order chi connectivity index (χ0) is 15.4. The molecule has 0 saturated heterocycles. The first-order chi connectivity index (χ1) is 9.95. The molecule has 0 atom stereocenters. The van der Waals surface area contributed by atoms with Crippen molar-refractivity contribution in [1.82, 2.24) is 10.3 Å². The molecule has 0 fully saturated rings. The molecule has 2 aromatic rings. The summed E-state index contributed by atoms with van der Waals surface area (Å²) in [6.45, 7) is 6.69. The number of anilines is 1. The van der Waals surface area contributed by atoms with Crippen molar-refractivity contribution in [2.24, 2.45) is 0 Å². The van der Waals surface area contributed by atoms with Crippen LogP contribution < -0.4 is 15.8 Å². The van der Waals surface area contributed by atoms with E-state index in [1.807, 2.05) is 31.4 Å². The number of aromatic nitrogens is 1. The highest BCUT2D eigenvalue weighted by molar-refractivity contribution is 7.13. The van der Waals surface area contributed by atoms with Gasteiger partial charge in [0.2, 0.25) is 0 Å². The van der Waals surface area contributed by atoms with Crippen LogP contribution in [0, 0.1) is 13.8 Å². The van der Waals surface area contributed by atoms with Crippen molar-refractivity contribution in [1.29, 1.82) is 0 Å². The van der Waals surface area contributed by atoms with Gasteiger partial charge >= 0.3 is 5.97 Å². The maximum Gasteiger partial charge on any atom is 0.308 e. The van der Waals surface area contributed by atoms with E-state index in [0.29, 0.717) is 17.4 Å². The van der Waals surface area contributed by atoms with Gasteiger partial charge in [-0.1, -0.05) is 12.1 Å². The summed E-state index contributed by atoms with van der Waals surface area (Å²) in [5.41, 5.74) is 9.60. The Labute approximate surface area is 128 Å². The van der Waals surface area contributed by atoms with Gasteiger partial charge in [-0.05, 0) is 30.5 Å². The molecule has 0 bridgehead atoms. The lowest BCUT2D eigenvalue weighted by Gasteiger charge is -2.12. The second-order valence-corrected chi connectivity index (χ2v) is 5.82. The van der Waals surface area contributed by atoms with Gasteiger partial charge in [0, 0.05) is 25.4 Å². The number of nitrogens with two attached hydrogens (primary N) is 1. The molecule has 0 amide bonds. The number of esters is 1. The van der Waals surface area contributed by atoms with E-state index in [0.717, 1.165) is 28.9 Å². The Hall–Kier alpha value is -1.92. The van der Waals surface area contributed by atoms with Crippen molar-refractivity contribution >= 4 is 22.4 Å². The molecule has 0 aliphatic heterocycles. The third-order valence-electron chi connectivity index (χ3n) is 2.97. The van der Waals surface area contributed by atoms with Gasteiger partial charge in [-0.3, -0.25) is 4.79 Å². The molecule has 21 heavy (non-hydrogen) atoms. The number of carbonyl (C=O) groups excluding carboxylic acids is 1. The first-order valence-corrected chi connectivity index (χ1v) is 7.53. The van der Waals surface area contributed by atoms with Crippen molar-refractivity contribution in [2.75, 3.05) is 5.73 Å². The summed E-state index contributed by atoms with van der Waals surface area (Å²) in [4.78, 5) is 15.3. The maximum absolute atomic E-state index is 11.1. The number of ether oxygens (including phenoxy) is 1. The van der Waals surface area contributed by atoms with Crippen molar-refractivity contribution in [3.05, 3.63) is 39.9 Å². The lowest BCUT2D eigenvalue weighted by molar-refractivity contribution is -0.131. The third kappa shape index (κ3) is 4.27. The number of thiazole rings is 1.